The molecule has 1 amide bonds. The Morgan fingerprint density at radius 2 is 2.05 bits per heavy atom. The average molecular weight is 298 g/mol. The minimum absolute atomic E-state index is 0.256. The number of hydrogen-bond donors (Lipinski definition) is 1. The molecule has 2 aromatic rings. The molecule has 3 heterocycles. The largest absolute Gasteiger partial charge is 0.345 e. The highest BCUT2D eigenvalue weighted by Crippen LogP contribution is 2.15. The Balaban J connectivity index is 1.62. The fourth-order valence-electron chi connectivity index (χ4n) is 2.32. The summed E-state index contributed by atoms with van der Waals surface area (Å²) in [5.41, 5.74) is 1.87. The zero-order valence-electron chi connectivity index (χ0n) is 12.5. The maximum absolute atomic E-state index is 12.0. The second-order valence-corrected chi connectivity index (χ2v) is 5.27. The summed E-state index contributed by atoms with van der Waals surface area (Å²) < 4.78 is 0. The van der Waals surface area contributed by atoms with Crippen molar-refractivity contribution in [1.29, 1.82) is 0 Å². The van der Waals surface area contributed by atoms with Crippen molar-refractivity contribution in [3.63, 3.8) is 0 Å². The minimum atomic E-state index is -0.256. The lowest BCUT2D eigenvalue weighted by Crippen LogP contribution is -2.25. The van der Waals surface area contributed by atoms with Crippen molar-refractivity contribution in [3.05, 3.63) is 41.7 Å². The van der Waals surface area contributed by atoms with E-state index in [0.29, 0.717) is 12.2 Å². The fraction of sp³-hybridized carbons (Fsp3) is 0.400. The molecule has 7 nitrogen and oxygen atoms in total. The third-order valence-electron chi connectivity index (χ3n) is 3.53. The van der Waals surface area contributed by atoms with Crippen LogP contribution in [0, 0.1) is 6.92 Å². The molecule has 1 aliphatic rings. The molecule has 22 heavy (non-hydrogen) atoms. The van der Waals surface area contributed by atoms with E-state index in [1.165, 1.54) is 19.0 Å². The monoisotopic (exact) mass is 298 g/mol. The van der Waals surface area contributed by atoms with Crippen molar-refractivity contribution < 1.29 is 4.79 Å². The van der Waals surface area contributed by atoms with Crippen molar-refractivity contribution in [2.45, 2.75) is 26.3 Å². The summed E-state index contributed by atoms with van der Waals surface area (Å²) in [5.74, 6) is 0.480. The Labute approximate surface area is 128 Å². The maximum Gasteiger partial charge on any atom is 0.271 e. The van der Waals surface area contributed by atoms with Crippen LogP contribution in [0.5, 0.6) is 0 Å². The highest BCUT2D eigenvalue weighted by atomic mass is 16.1. The van der Waals surface area contributed by atoms with Gasteiger partial charge in [0.25, 0.3) is 5.91 Å². The standard InChI is InChI=1S/C15H18N6O/c1-11-8-18-13(10-17-11)14(22)19-9-12-4-5-16-15(20-12)21-6-2-3-7-21/h4-5,8,10H,2-3,6-7,9H2,1H3,(H,19,22). The number of carbonyl (C=O) groups excluding carboxylic acids is 1. The van der Waals surface area contributed by atoms with Crippen molar-refractivity contribution in [2.75, 3.05) is 18.0 Å². The van der Waals surface area contributed by atoms with Crippen LogP contribution in [0.1, 0.15) is 34.7 Å². The Bertz CT molecular complexity index is 651. The van der Waals surface area contributed by atoms with Crippen molar-refractivity contribution >= 4 is 11.9 Å². The lowest BCUT2D eigenvalue weighted by Gasteiger charge is -2.15. The third kappa shape index (κ3) is 3.36. The molecule has 0 unspecified atom stereocenters. The van der Waals surface area contributed by atoms with Gasteiger partial charge in [-0.05, 0) is 25.8 Å². The van der Waals surface area contributed by atoms with Crippen LogP contribution < -0.4 is 10.2 Å². The van der Waals surface area contributed by atoms with Crippen molar-refractivity contribution in [1.82, 2.24) is 25.3 Å². The van der Waals surface area contributed by atoms with E-state index in [4.69, 9.17) is 0 Å². The SMILES string of the molecule is Cc1cnc(C(=O)NCc2ccnc(N3CCCC3)n2)cn1. The van der Waals surface area contributed by atoms with Crippen molar-refractivity contribution in [2.24, 2.45) is 0 Å². The number of nitrogens with zero attached hydrogens (tertiary/aromatic N) is 5. The first-order valence-electron chi connectivity index (χ1n) is 7.36. The van der Waals surface area contributed by atoms with E-state index in [2.05, 4.69) is 30.2 Å². The van der Waals surface area contributed by atoms with Gasteiger partial charge in [0.2, 0.25) is 5.95 Å². The molecule has 0 spiro atoms. The van der Waals surface area contributed by atoms with Gasteiger partial charge in [0, 0.05) is 25.5 Å². The molecule has 114 valence electrons. The summed E-state index contributed by atoms with van der Waals surface area (Å²) in [7, 11) is 0. The predicted molar refractivity (Wildman–Crippen MR) is 81.4 cm³/mol. The van der Waals surface area contributed by atoms with E-state index in [9.17, 15) is 4.79 Å². The molecule has 0 saturated carbocycles. The molecule has 1 fully saturated rings. The van der Waals surface area contributed by atoms with Gasteiger partial charge in [-0.25, -0.2) is 15.0 Å². The van der Waals surface area contributed by atoms with Gasteiger partial charge in [-0.1, -0.05) is 0 Å². The molecule has 3 rings (SSSR count). The van der Waals surface area contributed by atoms with Crippen LogP contribution in [0.25, 0.3) is 0 Å². The highest BCUT2D eigenvalue weighted by molar-refractivity contribution is 5.91. The lowest BCUT2D eigenvalue weighted by atomic mass is 10.3. The Morgan fingerprint density at radius 3 is 2.77 bits per heavy atom. The van der Waals surface area contributed by atoms with Crippen LogP contribution in [0.15, 0.2) is 24.7 Å². The van der Waals surface area contributed by atoms with Gasteiger partial charge in [0.05, 0.1) is 24.1 Å². The second kappa shape index (κ2) is 6.46. The Morgan fingerprint density at radius 1 is 1.23 bits per heavy atom. The van der Waals surface area contributed by atoms with E-state index in [1.54, 1.807) is 18.5 Å². The van der Waals surface area contributed by atoms with Gasteiger partial charge < -0.3 is 10.2 Å². The first-order valence-corrected chi connectivity index (χ1v) is 7.36. The lowest BCUT2D eigenvalue weighted by molar-refractivity contribution is 0.0945. The fourth-order valence-corrected chi connectivity index (χ4v) is 2.32. The van der Waals surface area contributed by atoms with Crippen LogP contribution in [0.2, 0.25) is 0 Å². The van der Waals surface area contributed by atoms with Gasteiger partial charge in [0.1, 0.15) is 5.69 Å². The minimum Gasteiger partial charge on any atom is -0.345 e. The maximum atomic E-state index is 12.0. The molecule has 1 N–H and O–H groups in total. The van der Waals surface area contributed by atoms with E-state index >= 15 is 0 Å². The Hall–Kier alpha value is -2.57. The molecular formula is C15H18N6O. The molecule has 2 aromatic heterocycles. The molecule has 0 atom stereocenters. The summed E-state index contributed by atoms with van der Waals surface area (Å²) in [6, 6.07) is 1.81. The number of rotatable bonds is 4. The van der Waals surface area contributed by atoms with E-state index < -0.39 is 0 Å². The second-order valence-electron chi connectivity index (χ2n) is 5.27. The number of aryl methyl sites for hydroxylation is 1. The summed E-state index contributed by atoms with van der Waals surface area (Å²) in [6.45, 7) is 4.16. The average Bonchev–Trinajstić information content (AvgIpc) is 3.08. The normalized spacial score (nSPS) is 14.1. The number of amides is 1. The van der Waals surface area contributed by atoms with Crippen LogP contribution in [0.3, 0.4) is 0 Å². The van der Waals surface area contributed by atoms with Crippen LogP contribution in [0.4, 0.5) is 5.95 Å². The number of hydrogen-bond acceptors (Lipinski definition) is 6. The number of aromatic nitrogens is 4. The summed E-state index contributed by atoms with van der Waals surface area (Å²) >= 11 is 0. The zero-order valence-corrected chi connectivity index (χ0v) is 12.5. The van der Waals surface area contributed by atoms with Crippen molar-refractivity contribution in [3.8, 4) is 0 Å². The van der Waals surface area contributed by atoms with E-state index in [-0.39, 0.29) is 5.91 Å². The summed E-state index contributed by atoms with van der Waals surface area (Å²) in [4.78, 5) is 31.1. The van der Waals surface area contributed by atoms with Gasteiger partial charge in [-0.2, -0.15) is 0 Å². The number of nitrogens with one attached hydrogen (secondary N) is 1. The third-order valence-corrected chi connectivity index (χ3v) is 3.53. The summed E-state index contributed by atoms with van der Waals surface area (Å²) in [6.07, 6.45) is 7.13. The molecule has 0 aromatic carbocycles. The van der Waals surface area contributed by atoms with Gasteiger partial charge >= 0.3 is 0 Å². The molecule has 0 aliphatic carbocycles. The number of anilines is 1. The first kappa shape index (κ1) is 14.4. The summed E-state index contributed by atoms with van der Waals surface area (Å²) in [5, 5.41) is 2.80. The highest BCUT2D eigenvalue weighted by Gasteiger charge is 2.15. The quantitative estimate of drug-likeness (QED) is 0.910. The molecular weight excluding hydrogens is 280 g/mol. The van der Waals surface area contributed by atoms with Crippen LogP contribution in [-0.4, -0.2) is 38.9 Å². The smallest absolute Gasteiger partial charge is 0.271 e. The predicted octanol–water partition coefficient (Wildman–Crippen LogP) is 1.11. The van der Waals surface area contributed by atoms with Gasteiger partial charge in [-0.3, -0.25) is 9.78 Å². The van der Waals surface area contributed by atoms with Crippen LogP contribution >= 0.6 is 0 Å². The molecule has 7 heteroatoms. The van der Waals surface area contributed by atoms with Gasteiger partial charge in [-0.15, -0.1) is 0 Å². The first-order chi connectivity index (χ1) is 10.7. The number of carbonyl (C=O) groups is 1. The molecule has 1 saturated heterocycles. The Kier molecular flexibility index (Phi) is 4.22. The topological polar surface area (TPSA) is 83.9 Å². The van der Waals surface area contributed by atoms with E-state index in [1.807, 2.05) is 6.92 Å². The van der Waals surface area contributed by atoms with E-state index in [0.717, 1.165) is 30.4 Å². The zero-order chi connectivity index (χ0) is 15.4. The van der Waals surface area contributed by atoms with Gasteiger partial charge in [0.15, 0.2) is 0 Å². The molecule has 1 aliphatic heterocycles. The van der Waals surface area contributed by atoms with Crippen LogP contribution in [-0.2, 0) is 6.54 Å². The molecule has 0 bridgehead atoms. The molecule has 0 radical (unpaired) electrons.